The second-order valence-electron chi connectivity index (χ2n) is 2.99. The van der Waals surface area contributed by atoms with Crippen LogP contribution in [0.15, 0.2) is 0 Å². The van der Waals surface area contributed by atoms with Crippen molar-refractivity contribution in [2.24, 2.45) is 11.5 Å². The number of rotatable bonds is 9. The molecule has 14 heavy (non-hydrogen) atoms. The largest absolute Gasteiger partial charge is 0.395 e. The molecule has 0 saturated heterocycles. The van der Waals surface area contributed by atoms with Gasteiger partial charge in [0.25, 0.3) is 0 Å². The van der Waals surface area contributed by atoms with Crippen LogP contribution in [0, 0.1) is 0 Å². The highest BCUT2D eigenvalue weighted by molar-refractivity contribution is 4.69. The van der Waals surface area contributed by atoms with E-state index in [0.29, 0.717) is 32.7 Å². The van der Waals surface area contributed by atoms with Gasteiger partial charge in [0, 0.05) is 32.7 Å². The molecule has 0 aliphatic heterocycles. The Bertz CT molecular complexity index is 120. The summed E-state index contributed by atoms with van der Waals surface area (Å²) in [4.78, 5) is 1.90. The summed E-state index contributed by atoms with van der Waals surface area (Å²) in [7, 11) is 0. The van der Waals surface area contributed by atoms with Crippen molar-refractivity contribution in [2.45, 2.75) is 6.17 Å². The average Bonchev–Trinajstić information content (AvgIpc) is 2.19. The molecule has 1 unspecified atom stereocenters. The van der Waals surface area contributed by atoms with E-state index in [1.54, 1.807) is 0 Å². The number of hydrogen-bond donors (Lipinski definition) is 5. The van der Waals surface area contributed by atoms with E-state index in [1.165, 1.54) is 0 Å². The van der Waals surface area contributed by atoms with Crippen molar-refractivity contribution in [3.05, 3.63) is 0 Å². The van der Waals surface area contributed by atoms with Gasteiger partial charge in [0.2, 0.25) is 0 Å². The Hall–Kier alpha value is -0.240. The molecule has 0 saturated carbocycles. The van der Waals surface area contributed by atoms with Crippen LogP contribution >= 0.6 is 0 Å². The molecule has 6 nitrogen and oxygen atoms in total. The fraction of sp³-hybridized carbons (Fsp3) is 1.00. The van der Waals surface area contributed by atoms with Gasteiger partial charge in [-0.3, -0.25) is 10.2 Å². The van der Waals surface area contributed by atoms with Crippen LogP contribution in [0.5, 0.6) is 0 Å². The van der Waals surface area contributed by atoms with E-state index in [0.717, 1.165) is 0 Å². The molecule has 0 rings (SSSR count). The van der Waals surface area contributed by atoms with Gasteiger partial charge in [-0.2, -0.15) is 0 Å². The second kappa shape index (κ2) is 9.32. The number of aliphatic hydroxyl groups is 2. The van der Waals surface area contributed by atoms with Crippen LogP contribution in [0.3, 0.4) is 0 Å². The summed E-state index contributed by atoms with van der Waals surface area (Å²) in [5.41, 5.74) is 10.8. The molecule has 0 spiro atoms. The molecule has 0 aliphatic rings. The molecule has 0 heterocycles. The SMILES string of the molecule is NCCNC(CO)N(CCN)CCO. The molecule has 86 valence electrons. The maximum absolute atomic E-state index is 9.11. The van der Waals surface area contributed by atoms with Crippen molar-refractivity contribution < 1.29 is 10.2 Å². The number of hydrogen-bond acceptors (Lipinski definition) is 6. The van der Waals surface area contributed by atoms with Gasteiger partial charge in [-0.1, -0.05) is 0 Å². The first-order valence-corrected chi connectivity index (χ1v) is 4.89. The normalized spacial score (nSPS) is 13.5. The monoisotopic (exact) mass is 206 g/mol. The van der Waals surface area contributed by atoms with Crippen molar-refractivity contribution in [3.63, 3.8) is 0 Å². The molecular formula is C8H22N4O2. The minimum Gasteiger partial charge on any atom is -0.395 e. The first-order valence-electron chi connectivity index (χ1n) is 4.89. The highest BCUT2D eigenvalue weighted by Gasteiger charge is 2.14. The van der Waals surface area contributed by atoms with Crippen LogP contribution in [-0.2, 0) is 0 Å². The lowest BCUT2D eigenvalue weighted by Crippen LogP contribution is -2.51. The Morgan fingerprint density at radius 2 is 1.86 bits per heavy atom. The molecule has 1 atom stereocenters. The van der Waals surface area contributed by atoms with Crippen LogP contribution in [0.25, 0.3) is 0 Å². The Labute approximate surface area is 84.9 Å². The van der Waals surface area contributed by atoms with Crippen LogP contribution in [-0.4, -0.2) is 67.2 Å². The predicted molar refractivity (Wildman–Crippen MR) is 55.6 cm³/mol. The molecule has 0 aromatic rings. The van der Waals surface area contributed by atoms with Crippen molar-refractivity contribution in [1.82, 2.24) is 10.2 Å². The van der Waals surface area contributed by atoms with E-state index in [1.807, 2.05) is 4.90 Å². The Morgan fingerprint density at radius 3 is 2.29 bits per heavy atom. The average molecular weight is 206 g/mol. The Morgan fingerprint density at radius 1 is 1.14 bits per heavy atom. The summed E-state index contributed by atoms with van der Waals surface area (Å²) in [5.74, 6) is 0. The highest BCUT2D eigenvalue weighted by atomic mass is 16.3. The van der Waals surface area contributed by atoms with E-state index in [9.17, 15) is 0 Å². The van der Waals surface area contributed by atoms with E-state index < -0.39 is 0 Å². The third-order valence-corrected chi connectivity index (χ3v) is 1.94. The maximum atomic E-state index is 9.11. The zero-order valence-corrected chi connectivity index (χ0v) is 8.52. The van der Waals surface area contributed by atoms with E-state index in [2.05, 4.69) is 5.32 Å². The van der Waals surface area contributed by atoms with Gasteiger partial charge in [0.15, 0.2) is 0 Å². The Balaban J connectivity index is 3.96. The third-order valence-electron chi connectivity index (χ3n) is 1.94. The predicted octanol–water partition coefficient (Wildman–Crippen LogP) is -2.89. The van der Waals surface area contributed by atoms with Gasteiger partial charge in [0.05, 0.1) is 19.4 Å². The third kappa shape index (κ3) is 5.48. The molecule has 0 aliphatic carbocycles. The van der Waals surface area contributed by atoms with Gasteiger partial charge in [-0.05, 0) is 0 Å². The fourth-order valence-corrected chi connectivity index (χ4v) is 1.28. The molecular weight excluding hydrogens is 184 g/mol. The number of aliphatic hydroxyl groups excluding tert-OH is 2. The zero-order chi connectivity index (χ0) is 10.8. The van der Waals surface area contributed by atoms with Gasteiger partial charge < -0.3 is 21.7 Å². The lowest BCUT2D eigenvalue weighted by atomic mass is 10.3. The van der Waals surface area contributed by atoms with Crippen LogP contribution in [0.4, 0.5) is 0 Å². The van der Waals surface area contributed by atoms with Crippen molar-refractivity contribution in [1.29, 1.82) is 0 Å². The van der Waals surface area contributed by atoms with Gasteiger partial charge >= 0.3 is 0 Å². The van der Waals surface area contributed by atoms with E-state index >= 15 is 0 Å². The lowest BCUT2D eigenvalue weighted by molar-refractivity contribution is 0.0844. The minimum absolute atomic E-state index is 0.0139. The van der Waals surface area contributed by atoms with Crippen LogP contribution in [0.2, 0.25) is 0 Å². The molecule has 6 heteroatoms. The van der Waals surface area contributed by atoms with E-state index in [4.69, 9.17) is 21.7 Å². The molecule has 0 radical (unpaired) electrons. The van der Waals surface area contributed by atoms with Gasteiger partial charge in [-0.25, -0.2) is 0 Å². The second-order valence-corrected chi connectivity index (χ2v) is 2.99. The molecule has 0 aromatic carbocycles. The highest BCUT2D eigenvalue weighted by Crippen LogP contribution is 1.94. The molecule has 0 aromatic heterocycles. The van der Waals surface area contributed by atoms with Gasteiger partial charge in [-0.15, -0.1) is 0 Å². The smallest absolute Gasteiger partial charge is 0.0837 e. The fourth-order valence-electron chi connectivity index (χ4n) is 1.28. The summed E-state index contributed by atoms with van der Waals surface area (Å²) < 4.78 is 0. The lowest BCUT2D eigenvalue weighted by Gasteiger charge is -2.30. The Kier molecular flexibility index (Phi) is 9.16. The molecule has 0 fully saturated rings. The summed E-state index contributed by atoms with van der Waals surface area (Å²) in [5, 5.41) is 21.0. The maximum Gasteiger partial charge on any atom is 0.0837 e. The first-order chi connectivity index (χ1) is 6.79. The van der Waals surface area contributed by atoms with Crippen LogP contribution in [0.1, 0.15) is 0 Å². The minimum atomic E-state index is -0.172. The topological polar surface area (TPSA) is 108 Å². The molecule has 7 N–H and O–H groups in total. The standard InChI is InChI=1S/C8H22N4O2/c9-1-3-11-8(7-14)12(4-2-10)5-6-13/h8,11,13-14H,1-7,9-10H2. The number of nitrogens with zero attached hydrogens (tertiary/aromatic N) is 1. The van der Waals surface area contributed by atoms with E-state index in [-0.39, 0.29) is 19.4 Å². The first kappa shape index (κ1) is 13.8. The van der Waals surface area contributed by atoms with Crippen molar-refractivity contribution in [3.8, 4) is 0 Å². The molecule has 0 bridgehead atoms. The number of nitrogens with one attached hydrogen (secondary N) is 1. The quantitative estimate of drug-likeness (QED) is 0.259. The van der Waals surface area contributed by atoms with Crippen molar-refractivity contribution >= 4 is 0 Å². The van der Waals surface area contributed by atoms with Gasteiger partial charge in [0.1, 0.15) is 0 Å². The summed E-state index contributed by atoms with van der Waals surface area (Å²) in [6.07, 6.45) is -0.172. The zero-order valence-electron chi connectivity index (χ0n) is 8.52. The summed E-state index contributed by atoms with van der Waals surface area (Å²) in [6, 6.07) is 0. The summed E-state index contributed by atoms with van der Waals surface area (Å²) in [6.45, 7) is 2.84. The number of nitrogens with two attached hydrogens (primary N) is 2. The van der Waals surface area contributed by atoms with Crippen molar-refractivity contribution in [2.75, 3.05) is 45.9 Å². The summed E-state index contributed by atoms with van der Waals surface area (Å²) >= 11 is 0. The van der Waals surface area contributed by atoms with Crippen LogP contribution < -0.4 is 16.8 Å². The molecule has 0 amide bonds.